The van der Waals surface area contributed by atoms with Crippen molar-refractivity contribution in [1.82, 2.24) is 0 Å². The third-order valence-corrected chi connectivity index (χ3v) is 3.92. The van der Waals surface area contributed by atoms with Gasteiger partial charge >= 0.3 is 5.97 Å². The maximum absolute atomic E-state index is 12.2. The Morgan fingerprint density at radius 2 is 1.62 bits per heavy atom. The van der Waals surface area contributed by atoms with Crippen LogP contribution in [0.1, 0.15) is 46.5 Å². The third kappa shape index (κ3) is 4.52. The molecule has 0 saturated carbocycles. The first-order chi connectivity index (χ1) is 12.5. The van der Waals surface area contributed by atoms with Crippen molar-refractivity contribution in [2.45, 2.75) is 46.5 Å². The Labute approximate surface area is 158 Å². The minimum atomic E-state index is -0.364. The van der Waals surface area contributed by atoms with E-state index < -0.39 is 0 Å². The first-order valence-corrected chi connectivity index (χ1v) is 9.35. The van der Waals surface area contributed by atoms with Crippen LogP contribution in [-0.2, 0) is 4.79 Å². The average Bonchev–Trinajstić information content (AvgIpc) is 2.62. The van der Waals surface area contributed by atoms with Gasteiger partial charge in [0.2, 0.25) is 11.5 Å². The van der Waals surface area contributed by atoms with Gasteiger partial charge in [-0.25, -0.2) is 0 Å². The molecule has 0 unspecified atom stereocenters. The summed E-state index contributed by atoms with van der Waals surface area (Å²) in [5.74, 6) is 0.244. The number of carbonyl (C=O) groups excluding carboxylic acids is 1. The highest BCUT2D eigenvalue weighted by atomic mass is 35.5. The van der Waals surface area contributed by atoms with E-state index in [1.54, 1.807) is 18.2 Å². The van der Waals surface area contributed by atoms with Crippen LogP contribution in [0.3, 0.4) is 0 Å². The van der Waals surface area contributed by atoms with E-state index in [1.807, 2.05) is 20.8 Å². The Balaban J connectivity index is 2.70. The fourth-order valence-corrected chi connectivity index (χ4v) is 2.68. The van der Waals surface area contributed by atoms with E-state index in [0.29, 0.717) is 35.4 Å². The number of rotatable bonds is 9. The van der Waals surface area contributed by atoms with E-state index in [0.717, 1.165) is 12.8 Å². The lowest BCUT2D eigenvalue weighted by Crippen LogP contribution is -2.10. The second-order valence-corrected chi connectivity index (χ2v) is 6.38. The lowest BCUT2D eigenvalue weighted by atomic mass is 10.1. The zero-order chi connectivity index (χ0) is 19.1. The van der Waals surface area contributed by atoms with Crippen LogP contribution in [0.25, 0.3) is 10.8 Å². The van der Waals surface area contributed by atoms with Crippen molar-refractivity contribution in [2.24, 2.45) is 0 Å². The van der Waals surface area contributed by atoms with Crippen LogP contribution in [0.5, 0.6) is 23.0 Å². The van der Waals surface area contributed by atoms with Crippen molar-refractivity contribution in [1.29, 1.82) is 0 Å². The highest BCUT2D eigenvalue weighted by molar-refractivity contribution is 6.31. The number of phenols is 1. The molecule has 2 rings (SSSR count). The lowest BCUT2D eigenvalue weighted by Gasteiger charge is -2.19. The van der Waals surface area contributed by atoms with Gasteiger partial charge in [0.05, 0.1) is 13.2 Å². The summed E-state index contributed by atoms with van der Waals surface area (Å²) in [6, 6.07) is 5.00. The topological polar surface area (TPSA) is 65.0 Å². The lowest BCUT2D eigenvalue weighted by molar-refractivity contribution is -0.134. The van der Waals surface area contributed by atoms with Gasteiger partial charge in [0, 0.05) is 22.2 Å². The summed E-state index contributed by atoms with van der Waals surface area (Å²) in [6.07, 6.45) is 2.47. The molecule has 2 aromatic carbocycles. The molecule has 0 amide bonds. The maximum Gasteiger partial charge on any atom is 0.311 e. The van der Waals surface area contributed by atoms with Crippen LogP contribution >= 0.6 is 11.6 Å². The summed E-state index contributed by atoms with van der Waals surface area (Å²) in [4.78, 5) is 12.2. The number of benzene rings is 2. The van der Waals surface area contributed by atoms with Gasteiger partial charge in [-0.1, -0.05) is 32.4 Å². The van der Waals surface area contributed by atoms with E-state index in [4.69, 9.17) is 25.8 Å². The summed E-state index contributed by atoms with van der Waals surface area (Å²) in [7, 11) is 0. The molecule has 0 aliphatic rings. The fraction of sp³-hybridized carbons (Fsp3) is 0.450. The molecule has 0 saturated heterocycles. The van der Waals surface area contributed by atoms with Gasteiger partial charge in [0.25, 0.3) is 0 Å². The molecule has 0 aliphatic heterocycles. The SMILES string of the molecule is CCCOc1c(OCCC)c(OC(=O)CCC)c2ccc(Cl)cc2c1O. The number of ether oxygens (including phenoxy) is 3. The normalized spacial score (nSPS) is 10.8. The first kappa shape index (κ1) is 20.2. The molecule has 142 valence electrons. The molecule has 6 heteroatoms. The molecule has 26 heavy (non-hydrogen) atoms. The zero-order valence-corrected chi connectivity index (χ0v) is 16.2. The first-order valence-electron chi connectivity index (χ1n) is 8.97. The average molecular weight is 381 g/mol. The predicted octanol–water partition coefficient (Wildman–Crippen LogP) is 5.48. The Hall–Kier alpha value is -2.14. The molecule has 0 heterocycles. The van der Waals surface area contributed by atoms with Crippen LogP contribution in [0.2, 0.25) is 5.02 Å². The minimum absolute atomic E-state index is 0.0719. The molecule has 0 aromatic heterocycles. The number of carbonyl (C=O) groups is 1. The summed E-state index contributed by atoms with van der Waals surface area (Å²) < 4.78 is 17.2. The van der Waals surface area contributed by atoms with Gasteiger partial charge in [-0.3, -0.25) is 4.79 Å². The Morgan fingerprint density at radius 3 is 2.23 bits per heavy atom. The van der Waals surface area contributed by atoms with Crippen LogP contribution in [0.4, 0.5) is 0 Å². The second kappa shape index (κ2) is 9.53. The van der Waals surface area contributed by atoms with Gasteiger partial charge in [0.1, 0.15) is 0 Å². The zero-order valence-electron chi connectivity index (χ0n) is 15.4. The standard InChI is InChI=1S/C20H25ClO5/c1-4-7-16(22)26-18-14-9-8-13(21)12-15(14)17(23)19(24-10-5-2)20(18)25-11-6-3/h8-9,12,23H,4-7,10-11H2,1-3H3. The quantitative estimate of drug-likeness (QED) is 0.460. The largest absolute Gasteiger partial charge is 0.504 e. The van der Waals surface area contributed by atoms with Crippen molar-refractivity contribution in [2.75, 3.05) is 13.2 Å². The van der Waals surface area contributed by atoms with E-state index in [1.165, 1.54) is 0 Å². The molecule has 0 spiro atoms. The van der Waals surface area contributed by atoms with Gasteiger partial charge < -0.3 is 19.3 Å². The van der Waals surface area contributed by atoms with E-state index in [9.17, 15) is 9.90 Å². The number of halogens is 1. The smallest absolute Gasteiger partial charge is 0.311 e. The van der Waals surface area contributed by atoms with Crippen LogP contribution in [0, 0.1) is 0 Å². The van der Waals surface area contributed by atoms with Crippen molar-refractivity contribution in [3.05, 3.63) is 23.2 Å². The molecule has 0 aliphatic carbocycles. The summed E-state index contributed by atoms with van der Waals surface area (Å²) in [6.45, 7) is 6.63. The molecular formula is C20H25ClO5. The summed E-state index contributed by atoms with van der Waals surface area (Å²) in [5.41, 5.74) is 0. The number of aromatic hydroxyl groups is 1. The van der Waals surface area contributed by atoms with Gasteiger partial charge in [0.15, 0.2) is 11.5 Å². The number of hydrogen-bond donors (Lipinski definition) is 1. The Bertz CT molecular complexity index is 773. The predicted molar refractivity (Wildman–Crippen MR) is 103 cm³/mol. The molecule has 1 N–H and O–H groups in total. The van der Waals surface area contributed by atoms with E-state index in [-0.39, 0.29) is 35.4 Å². The molecular weight excluding hydrogens is 356 g/mol. The minimum Gasteiger partial charge on any atom is -0.504 e. The van der Waals surface area contributed by atoms with Crippen molar-refractivity contribution in [3.8, 4) is 23.0 Å². The molecule has 0 fully saturated rings. The van der Waals surface area contributed by atoms with Crippen molar-refractivity contribution < 1.29 is 24.1 Å². The van der Waals surface area contributed by atoms with E-state index in [2.05, 4.69) is 0 Å². The number of phenolic OH excluding ortho intramolecular Hbond substituents is 1. The Kier molecular flexibility index (Phi) is 7.39. The second-order valence-electron chi connectivity index (χ2n) is 5.95. The molecule has 0 radical (unpaired) electrons. The third-order valence-electron chi connectivity index (χ3n) is 3.68. The number of hydrogen-bond acceptors (Lipinski definition) is 5. The van der Waals surface area contributed by atoms with E-state index >= 15 is 0 Å². The van der Waals surface area contributed by atoms with Gasteiger partial charge in [-0.15, -0.1) is 0 Å². The van der Waals surface area contributed by atoms with Crippen LogP contribution in [0.15, 0.2) is 18.2 Å². The monoisotopic (exact) mass is 380 g/mol. The van der Waals surface area contributed by atoms with Crippen molar-refractivity contribution in [3.63, 3.8) is 0 Å². The van der Waals surface area contributed by atoms with Gasteiger partial charge in [-0.2, -0.15) is 0 Å². The van der Waals surface area contributed by atoms with Gasteiger partial charge in [-0.05, 0) is 37.5 Å². The molecule has 5 nitrogen and oxygen atoms in total. The highest BCUT2D eigenvalue weighted by Gasteiger charge is 2.25. The Morgan fingerprint density at radius 1 is 0.962 bits per heavy atom. The number of fused-ring (bicyclic) bond motifs is 1. The number of esters is 1. The van der Waals surface area contributed by atoms with Crippen LogP contribution < -0.4 is 14.2 Å². The molecule has 2 aromatic rings. The highest BCUT2D eigenvalue weighted by Crippen LogP contribution is 2.51. The summed E-state index contributed by atoms with van der Waals surface area (Å²) >= 11 is 6.09. The molecule has 0 bridgehead atoms. The van der Waals surface area contributed by atoms with Crippen molar-refractivity contribution >= 4 is 28.3 Å². The summed E-state index contributed by atoms with van der Waals surface area (Å²) in [5, 5.41) is 12.2. The molecule has 0 atom stereocenters. The van der Waals surface area contributed by atoms with Crippen LogP contribution in [-0.4, -0.2) is 24.3 Å². The maximum atomic E-state index is 12.2. The fourth-order valence-electron chi connectivity index (χ4n) is 2.51.